The fraction of sp³-hybridized carbons (Fsp3) is 0.231. The van der Waals surface area contributed by atoms with Gasteiger partial charge in [0, 0.05) is 5.56 Å². The Hall–Kier alpha value is -1.90. The van der Waals surface area contributed by atoms with Gasteiger partial charge in [0.1, 0.15) is 0 Å². The molecule has 0 heterocycles. The first kappa shape index (κ1) is 12.2. The van der Waals surface area contributed by atoms with E-state index in [1.165, 1.54) is 6.08 Å². The predicted octanol–water partition coefficient (Wildman–Crippen LogP) is 2.16. The van der Waals surface area contributed by atoms with E-state index in [2.05, 4.69) is 5.32 Å². The molecule has 16 heavy (non-hydrogen) atoms. The molecule has 2 amide bonds. The first-order valence-corrected chi connectivity index (χ1v) is 5.18. The Kier molecular flexibility index (Phi) is 4.45. The summed E-state index contributed by atoms with van der Waals surface area (Å²) in [6.45, 7) is 3.92. The van der Waals surface area contributed by atoms with Crippen LogP contribution in [0.5, 0.6) is 0 Å². The lowest BCUT2D eigenvalue weighted by Crippen LogP contribution is -2.28. The zero-order chi connectivity index (χ0) is 12.0. The molecule has 84 valence electrons. The molecule has 0 saturated heterocycles. The zero-order valence-corrected chi connectivity index (χ0v) is 9.44. The Balaban J connectivity index is 2.56. The molecule has 0 aliphatic rings. The van der Waals surface area contributed by atoms with Gasteiger partial charge in [0.05, 0.1) is 0 Å². The smallest absolute Gasteiger partial charge is 0.258 e. The van der Waals surface area contributed by atoms with Crippen molar-refractivity contribution in [2.45, 2.75) is 13.8 Å². The lowest BCUT2D eigenvalue weighted by molar-refractivity contribution is -0.115. The van der Waals surface area contributed by atoms with Gasteiger partial charge in [-0.3, -0.25) is 14.9 Å². The van der Waals surface area contributed by atoms with Gasteiger partial charge in [-0.1, -0.05) is 38.1 Å². The minimum absolute atomic E-state index is 0.289. The zero-order valence-electron chi connectivity index (χ0n) is 9.44. The minimum Gasteiger partial charge on any atom is -0.289 e. The summed E-state index contributed by atoms with van der Waals surface area (Å²) in [4.78, 5) is 22.8. The summed E-state index contributed by atoms with van der Waals surface area (Å²) in [5, 5.41) is 2.29. The van der Waals surface area contributed by atoms with Gasteiger partial charge in [0.2, 0.25) is 5.91 Å². The van der Waals surface area contributed by atoms with Crippen molar-refractivity contribution in [2.24, 2.45) is 5.92 Å². The van der Waals surface area contributed by atoms with E-state index >= 15 is 0 Å². The highest BCUT2D eigenvalue weighted by molar-refractivity contribution is 6.07. The number of hydrogen-bond acceptors (Lipinski definition) is 2. The first-order chi connectivity index (χ1) is 7.59. The molecule has 0 saturated carbocycles. The fourth-order valence-corrected chi connectivity index (χ4v) is 1.10. The van der Waals surface area contributed by atoms with Crippen molar-refractivity contribution in [3.8, 4) is 0 Å². The molecule has 0 unspecified atom stereocenters. The van der Waals surface area contributed by atoms with E-state index in [4.69, 9.17) is 0 Å². The van der Waals surface area contributed by atoms with Crippen LogP contribution in [0.25, 0.3) is 0 Å². The van der Waals surface area contributed by atoms with Gasteiger partial charge in [0.15, 0.2) is 0 Å². The maximum absolute atomic E-state index is 11.5. The molecule has 0 atom stereocenters. The Bertz CT molecular complexity index is 394. The van der Waals surface area contributed by atoms with Crippen molar-refractivity contribution >= 4 is 11.8 Å². The average molecular weight is 217 g/mol. The SMILES string of the molecule is CC(C)/C=C/C(=O)NC(=O)c1ccccc1. The molecule has 1 N–H and O–H groups in total. The normalized spacial score (nSPS) is 10.7. The van der Waals surface area contributed by atoms with Crippen LogP contribution in [0.3, 0.4) is 0 Å². The van der Waals surface area contributed by atoms with Crippen molar-refractivity contribution in [3.63, 3.8) is 0 Å². The number of allylic oxidation sites excluding steroid dienone is 1. The van der Waals surface area contributed by atoms with E-state index in [-0.39, 0.29) is 17.7 Å². The minimum atomic E-state index is -0.387. The van der Waals surface area contributed by atoms with Crippen LogP contribution in [0.15, 0.2) is 42.5 Å². The predicted molar refractivity (Wildman–Crippen MR) is 62.9 cm³/mol. The van der Waals surface area contributed by atoms with Crippen LogP contribution in [0.2, 0.25) is 0 Å². The maximum atomic E-state index is 11.5. The summed E-state index contributed by atoms with van der Waals surface area (Å²) >= 11 is 0. The van der Waals surface area contributed by atoms with Gasteiger partial charge < -0.3 is 0 Å². The number of amides is 2. The number of imide groups is 1. The summed E-state index contributed by atoms with van der Waals surface area (Å²) in [7, 11) is 0. The highest BCUT2D eigenvalue weighted by atomic mass is 16.2. The number of hydrogen-bond donors (Lipinski definition) is 1. The van der Waals surface area contributed by atoms with E-state index in [0.717, 1.165) is 0 Å². The summed E-state index contributed by atoms with van der Waals surface area (Å²) in [6.07, 6.45) is 3.12. The quantitative estimate of drug-likeness (QED) is 0.788. The Morgan fingerprint density at radius 3 is 2.38 bits per heavy atom. The molecule has 1 rings (SSSR count). The summed E-state index contributed by atoms with van der Waals surface area (Å²) in [5.41, 5.74) is 0.480. The lowest BCUT2D eigenvalue weighted by atomic mass is 10.2. The molecule has 1 aromatic carbocycles. The van der Waals surface area contributed by atoms with Crippen LogP contribution in [-0.4, -0.2) is 11.8 Å². The van der Waals surface area contributed by atoms with E-state index in [0.29, 0.717) is 5.56 Å². The molecular formula is C13H15NO2. The fourth-order valence-electron chi connectivity index (χ4n) is 1.10. The van der Waals surface area contributed by atoms with Crippen LogP contribution in [0, 0.1) is 5.92 Å². The summed E-state index contributed by atoms with van der Waals surface area (Å²) < 4.78 is 0. The number of nitrogens with one attached hydrogen (secondary N) is 1. The summed E-state index contributed by atoms with van der Waals surface area (Å²) in [5.74, 6) is -0.473. The topological polar surface area (TPSA) is 46.2 Å². The molecule has 3 nitrogen and oxygen atoms in total. The number of rotatable bonds is 3. The van der Waals surface area contributed by atoms with Crippen molar-refractivity contribution < 1.29 is 9.59 Å². The molecule has 0 fully saturated rings. The third-order valence-electron chi connectivity index (χ3n) is 1.91. The monoisotopic (exact) mass is 217 g/mol. The number of benzene rings is 1. The van der Waals surface area contributed by atoms with Crippen molar-refractivity contribution in [1.29, 1.82) is 0 Å². The van der Waals surface area contributed by atoms with E-state index in [1.54, 1.807) is 30.3 Å². The van der Waals surface area contributed by atoms with Crippen LogP contribution in [0.4, 0.5) is 0 Å². The lowest BCUT2D eigenvalue weighted by Gasteiger charge is -2.00. The van der Waals surface area contributed by atoms with Gasteiger partial charge >= 0.3 is 0 Å². The second-order valence-corrected chi connectivity index (χ2v) is 3.79. The molecule has 0 radical (unpaired) electrons. The van der Waals surface area contributed by atoms with Gasteiger partial charge in [-0.05, 0) is 24.1 Å². The van der Waals surface area contributed by atoms with Gasteiger partial charge in [0.25, 0.3) is 5.91 Å². The third-order valence-corrected chi connectivity index (χ3v) is 1.91. The van der Waals surface area contributed by atoms with Crippen molar-refractivity contribution in [1.82, 2.24) is 5.32 Å². The number of carbonyl (C=O) groups excluding carboxylic acids is 2. The first-order valence-electron chi connectivity index (χ1n) is 5.18. The molecular weight excluding hydrogens is 202 g/mol. The highest BCUT2D eigenvalue weighted by Crippen LogP contribution is 1.98. The van der Waals surface area contributed by atoms with Crippen molar-refractivity contribution in [2.75, 3.05) is 0 Å². The second kappa shape index (κ2) is 5.85. The molecule has 1 aromatic rings. The Morgan fingerprint density at radius 2 is 1.81 bits per heavy atom. The Labute approximate surface area is 95.2 Å². The molecule has 0 aromatic heterocycles. The highest BCUT2D eigenvalue weighted by Gasteiger charge is 2.06. The van der Waals surface area contributed by atoms with Gasteiger partial charge in [-0.25, -0.2) is 0 Å². The molecule has 0 bridgehead atoms. The molecule has 0 spiro atoms. The standard InChI is InChI=1S/C13H15NO2/c1-10(2)8-9-12(15)14-13(16)11-6-4-3-5-7-11/h3-10H,1-2H3,(H,14,15,16)/b9-8+. The van der Waals surface area contributed by atoms with Crippen LogP contribution < -0.4 is 5.32 Å². The summed E-state index contributed by atoms with van der Waals surface area (Å²) in [6, 6.07) is 8.65. The number of carbonyl (C=O) groups is 2. The second-order valence-electron chi connectivity index (χ2n) is 3.79. The van der Waals surface area contributed by atoms with Gasteiger partial charge in [-0.15, -0.1) is 0 Å². The van der Waals surface area contributed by atoms with E-state index < -0.39 is 0 Å². The molecule has 3 heteroatoms. The Morgan fingerprint density at radius 1 is 1.19 bits per heavy atom. The van der Waals surface area contributed by atoms with E-state index in [1.807, 2.05) is 19.9 Å². The molecule has 0 aliphatic carbocycles. The van der Waals surface area contributed by atoms with Crippen molar-refractivity contribution in [3.05, 3.63) is 48.0 Å². The third kappa shape index (κ3) is 4.09. The largest absolute Gasteiger partial charge is 0.289 e. The molecule has 0 aliphatic heterocycles. The van der Waals surface area contributed by atoms with Crippen LogP contribution in [-0.2, 0) is 4.79 Å². The average Bonchev–Trinajstić information content (AvgIpc) is 2.27. The van der Waals surface area contributed by atoms with Gasteiger partial charge in [-0.2, -0.15) is 0 Å². The maximum Gasteiger partial charge on any atom is 0.258 e. The van der Waals surface area contributed by atoms with Crippen LogP contribution in [0.1, 0.15) is 24.2 Å². The van der Waals surface area contributed by atoms with E-state index in [9.17, 15) is 9.59 Å². The van der Waals surface area contributed by atoms with Crippen LogP contribution >= 0.6 is 0 Å².